The first-order chi connectivity index (χ1) is 10.8. The van der Waals surface area contributed by atoms with Crippen molar-refractivity contribution >= 4 is 40.5 Å². The summed E-state index contributed by atoms with van der Waals surface area (Å²) in [5, 5.41) is 13.9. The molecule has 0 saturated heterocycles. The number of anilines is 1. The van der Waals surface area contributed by atoms with E-state index in [4.69, 9.17) is 32.7 Å². The maximum atomic E-state index is 12.2. The van der Waals surface area contributed by atoms with Gasteiger partial charge >= 0.3 is 5.97 Å². The van der Waals surface area contributed by atoms with E-state index in [2.05, 4.69) is 5.32 Å². The van der Waals surface area contributed by atoms with E-state index < -0.39 is 15.2 Å². The quantitative estimate of drug-likeness (QED) is 0.251. The maximum absolute atomic E-state index is 12.2. The summed E-state index contributed by atoms with van der Waals surface area (Å²) >= 11 is 11.8. The van der Waals surface area contributed by atoms with Crippen LogP contribution in [0.25, 0.3) is 0 Å². The first kappa shape index (κ1) is 17.8. The molecule has 1 fully saturated rings. The molecule has 1 aromatic carbocycles. The number of hydrogen-bond acceptors (Lipinski definition) is 6. The van der Waals surface area contributed by atoms with Crippen molar-refractivity contribution in [3.8, 4) is 0 Å². The number of nitro groups is 1. The maximum Gasteiger partial charge on any atom is 0.340 e. The van der Waals surface area contributed by atoms with Crippen LogP contribution in [0.3, 0.4) is 0 Å². The molecular formula is C14H16Cl2N2O5. The van der Waals surface area contributed by atoms with Crippen LogP contribution in [0, 0.1) is 16.0 Å². The minimum absolute atomic E-state index is 0.0754. The highest BCUT2D eigenvalue weighted by molar-refractivity contribution is 6.50. The molecule has 23 heavy (non-hydrogen) atoms. The van der Waals surface area contributed by atoms with E-state index in [0.717, 1.165) is 0 Å². The Labute approximate surface area is 143 Å². The highest BCUT2D eigenvalue weighted by Gasteiger charge is 2.52. The SMILES string of the molecule is COCCNc1ccc([N+](=O)[O-])cc1C(=O)OC[C@@H]1CC1(Cl)Cl. The molecule has 1 aliphatic rings. The largest absolute Gasteiger partial charge is 0.462 e. The molecule has 0 bridgehead atoms. The zero-order chi connectivity index (χ0) is 17.0. The standard InChI is InChI=1S/C14H16Cl2N2O5/c1-22-5-4-17-12-3-2-10(18(20)21)6-11(12)13(19)23-8-9-7-14(9,15)16/h2-3,6,9,17H,4-5,7-8H2,1H3/t9-/m0/s1. The summed E-state index contributed by atoms with van der Waals surface area (Å²) in [6, 6.07) is 3.96. The molecular weight excluding hydrogens is 347 g/mol. The Bertz CT molecular complexity index is 609. The van der Waals surface area contributed by atoms with Gasteiger partial charge in [-0.3, -0.25) is 10.1 Å². The van der Waals surface area contributed by atoms with Gasteiger partial charge in [-0.1, -0.05) is 0 Å². The number of nitrogens with zero attached hydrogens (tertiary/aromatic N) is 1. The van der Waals surface area contributed by atoms with E-state index in [1.165, 1.54) is 18.2 Å². The van der Waals surface area contributed by atoms with Crippen LogP contribution >= 0.6 is 23.2 Å². The zero-order valence-corrected chi connectivity index (χ0v) is 13.9. The van der Waals surface area contributed by atoms with Crippen molar-refractivity contribution in [1.29, 1.82) is 0 Å². The lowest BCUT2D eigenvalue weighted by molar-refractivity contribution is -0.384. The zero-order valence-electron chi connectivity index (χ0n) is 12.4. The number of nitrogens with one attached hydrogen (secondary N) is 1. The van der Waals surface area contributed by atoms with E-state index in [1.54, 1.807) is 7.11 Å². The van der Waals surface area contributed by atoms with E-state index in [-0.39, 0.29) is 23.8 Å². The van der Waals surface area contributed by atoms with Crippen molar-refractivity contribution in [2.24, 2.45) is 5.92 Å². The van der Waals surface area contributed by atoms with Crippen LogP contribution in [-0.4, -0.2) is 42.1 Å². The lowest BCUT2D eigenvalue weighted by Crippen LogP contribution is -2.15. The number of ether oxygens (including phenoxy) is 2. The van der Waals surface area contributed by atoms with Crippen LogP contribution in [0.2, 0.25) is 0 Å². The van der Waals surface area contributed by atoms with Gasteiger partial charge in [0.25, 0.3) is 5.69 Å². The number of hydrogen-bond donors (Lipinski definition) is 1. The Morgan fingerprint density at radius 3 is 2.78 bits per heavy atom. The number of halogens is 2. The van der Waals surface area contributed by atoms with Gasteiger partial charge in [-0.05, 0) is 12.5 Å². The molecule has 1 saturated carbocycles. The molecule has 0 aromatic heterocycles. The average molecular weight is 363 g/mol. The Hall–Kier alpha value is -1.57. The summed E-state index contributed by atoms with van der Waals surface area (Å²) in [5.41, 5.74) is 0.340. The Morgan fingerprint density at radius 1 is 1.52 bits per heavy atom. The van der Waals surface area contributed by atoms with Crippen molar-refractivity contribution in [3.05, 3.63) is 33.9 Å². The number of benzene rings is 1. The summed E-state index contributed by atoms with van der Waals surface area (Å²) in [6.45, 7) is 0.949. The number of carbonyl (C=O) groups is 1. The molecule has 0 spiro atoms. The third-order valence-electron chi connectivity index (χ3n) is 3.43. The normalized spacial score (nSPS) is 18.3. The van der Waals surface area contributed by atoms with Gasteiger partial charge in [-0.2, -0.15) is 0 Å². The number of nitro benzene ring substituents is 1. The molecule has 0 heterocycles. The van der Waals surface area contributed by atoms with Crippen LogP contribution in [0.4, 0.5) is 11.4 Å². The second-order valence-corrected chi connectivity index (χ2v) is 6.71. The number of methoxy groups -OCH3 is 1. The van der Waals surface area contributed by atoms with Crippen molar-refractivity contribution < 1.29 is 19.2 Å². The molecule has 1 atom stereocenters. The van der Waals surface area contributed by atoms with E-state index in [1.807, 2.05) is 0 Å². The van der Waals surface area contributed by atoms with E-state index in [0.29, 0.717) is 25.3 Å². The smallest absolute Gasteiger partial charge is 0.340 e. The van der Waals surface area contributed by atoms with Crippen LogP contribution in [-0.2, 0) is 9.47 Å². The Balaban J connectivity index is 2.09. The molecule has 1 aromatic rings. The molecule has 1 aliphatic carbocycles. The predicted octanol–water partition coefficient (Wildman–Crippen LogP) is 3.00. The highest BCUT2D eigenvalue weighted by atomic mass is 35.5. The number of carbonyl (C=O) groups excluding carboxylic acids is 1. The molecule has 0 aliphatic heterocycles. The fourth-order valence-electron chi connectivity index (χ4n) is 1.96. The third kappa shape index (κ3) is 4.70. The van der Waals surface area contributed by atoms with Gasteiger partial charge in [0, 0.05) is 37.4 Å². The fourth-order valence-corrected chi connectivity index (χ4v) is 2.46. The highest BCUT2D eigenvalue weighted by Crippen LogP contribution is 2.53. The molecule has 126 valence electrons. The second kappa shape index (κ2) is 7.33. The van der Waals surface area contributed by atoms with Gasteiger partial charge in [0.05, 0.1) is 23.7 Å². The van der Waals surface area contributed by atoms with Gasteiger partial charge in [0.2, 0.25) is 0 Å². The fraction of sp³-hybridized carbons (Fsp3) is 0.500. The molecule has 0 radical (unpaired) electrons. The lowest BCUT2D eigenvalue weighted by atomic mass is 10.1. The van der Waals surface area contributed by atoms with Crippen LogP contribution < -0.4 is 5.32 Å². The average Bonchev–Trinajstić information content (AvgIpc) is 3.12. The number of rotatable bonds is 8. The summed E-state index contributed by atoms with van der Waals surface area (Å²) in [5.74, 6) is -0.775. The predicted molar refractivity (Wildman–Crippen MR) is 86.3 cm³/mol. The van der Waals surface area contributed by atoms with Crippen LogP contribution in [0.1, 0.15) is 16.8 Å². The molecule has 0 amide bonds. The minimum atomic E-state index is -0.845. The van der Waals surface area contributed by atoms with Gasteiger partial charge in [0.1, 0.15) is 4.33 Å². The van der Waals surface area contributed by atoms with E-state index in [9.17, 15) is 14.9 Å². The molecule has 7 nitrogen and oxygen atoms in total. The lowest BCUT2D eigenvalue weighted by Gasteiger charge is -2.11. The summed E-state index contributed by atoms with van der Waals surface area (Å²) in [4.78, 5) is 22.5. The Morgan fingerprint density at radius 2 is 2.22 bits per heavy atom. The minimum Gasteiger partial charge on any atom is -0.462 e. The number of non-ortho nitro benzene ring substituents is 1. The van der Waals surface area contributed by atoms with Crippen molar-refractivity contribution in [2.45, 2.75) is 10.8 Å². The molecule has 0 unspecified atom stereocenters. The van der Waals surface area contributed by atoms with Crippen LogP contribution in [0.15, 0.2) is 18.2 Å². The summed E-state index contributed by atoms with van der Waals surface area (Å²) in [6.07, 6.45) is 0.553. The first-order valence-electron chi connectivity index (χ1n) is 6.91. The molecule has 1 N–H and O–H groups in total. The topological polar surface area (TPSA) is 90.7 Å². The van der Waals surface area contributed by atoms with Gasteiger partial charge in [-0.15, -0.1) is 23.2 Å². The Kier molecular flexibility index (Phi) is 5.67. The summed E-state index contributed by atoms with van der Waals surface area (Å²) < 4.78 is 9.24. The first-order valence-corrected chi connectivity index (χ1v) is 7.67. The van der Waals surface area contributed by atoms with E-state index >= 15 is 0 Å². The molecule has 9 heteroatoms. The van der Waals surface area contributed by atoms with Crippen molar-refractivity contribution in [2.75, 3.05) is 32.2 Å². The summed E-state index contributed by atoms with van der Waals surface area (Å²) in [7, 11) is 1.55. The molecule has 2 rings (SSSR count). The second-order valence-electron chi connectivity index (χ2n) is 5.17. The van der Waals surface area contributed by atoms with Crippen LogP contribution in [0.5, 0.6) is 0 Å². The van der Waals surface area contributed by atoms with Crippen molar-refractivity contribution in [3.63, 3.8) is 0 Å². The van der Waals surface area contributed by atoms with Gasteiger partial charge in [0.15, 0.2) is 0 Å². The number of esters is 1. The van der Waals surface area contributed by atoms with Crippen molar-refractivity contribution in [1.82, 2.24) is 0 Å². The van der Waals surface area contributed by atoms with Gasteiger partial charge < -0.3 is 14.8 Å². The number of alkyl halides is 2. The third-order valence-corrected chi connectivity index (χ3v) is 4.35. The van der Waals surface area contributed by atoms with Gasteiger partial charge in [-0.25, -0.2) is 4.79 Å². The monoisotopic (exact) mass is 362 g/mol.